The highest BCUT2D eigenvalue weighted by atomic mass is 79.9. The lowest BCUT2D eigenvalue weighted by molar-refractivity contribution is 0.278. The molecule has 2 aromatic rings. The van der Waals surface area contributed by atoms with Crippen LogP contribution in [0.5, 0.6) is 0 Å². The van der Waals surface area contributed by atoms with Crippen molar-refractivity contribution in [2.75, 3.05) is 4.72 Å². The summed E-state index contributed by atoms with van der Waals surface area (Å²) in [5, 5.41) is 9.15. The Hall–Kier alpha value is -1.51. The summed E-state index contributed by atoms with van der Waals surface area (Å²) in [5.41, 5.74) is 0.168. The molecule has 2 rings (SSSR count). The Morgan fingerprint density at radius 2 is 1.86 bits per heavy atom. The minimum atomic E-state index is -4.10. The maximum Gasteiger partial charge on any atom is 0.262 e. The molecule has 8 heteroatoms. The summed E-state index contributed by atoms with van der Waals surface area (Å²) in [6, 6.07) is 6.61. The topological polar surface area (TPSA) is 66.4 Å². The Bertz CT molecular complexity index is 781. The van der Waals surface area contributed by atoms with E-state index in [-0.39, 0.29) is 20.6 Å². The van der Waals surface area contributed by atoms with Crippen LogP contribution in [0.3, 0.4) is 0 Å². The van der Waals surface area contributed by atoms with Gasteiger partial charge in [0.2, 0.25) is 0 Å². The Kier molecular flexibility index (Phi) is 4.60. The van der Waals surface area contributed by atoms with E-state index >= 15 is 0 Å². The minimum absolute atomic E-state index is 0.0603. The minimum Gasteiger partial charge on any atom is -0.392 e. The van der Waals surface area contributed by atoms with E-state index in [0.29, 0.717) is 0 Å². The first-order valence-electron chi connectivity index (χ1n) is 5.70. The molecule has 0 aliphatic rings. The smallest absolute Gasteiger partial charge is 0.262 e. The van der Waals surface area contributed by atoms with Crippen molar-refractivity contribution in [3.05, 3.63) is 58.1 Å². The zero-order valence-corrected chi connectivity index (χ0v) is 12.9. The predicted molar refractivity (Wildman–Crippen MR) is 77.2 cm³/mol. The average Bonchev–Trinajstić information content (AvgIpc) is 2.42. The first kappa shape index (κ1) is 15.9. The number of anilines is 1. The molecular weight excluding hydrogens is 368 g/mol. The van der Waals surface area contributed by atoms with E-state index in [1.807, 2.05) is 0 Å². The van der Waals surface area contributed by atoms with Crippen LogP contribution in [0, 0.1) is 11.6 Å². The molecule has 4 nitrogen and oxygen atoms in total. The number of rotatable bonds is 4. The van der Waals surface area contributed by atoms with Gasteiger partial charge in [-0.15, -0.1) is 0 Å². The summed E-state index contributed by atoms with van der Waals surface area (Å²) in [6.45, 7) is -0.552. The summed E-state index contributed by atoms with van der Waals surface area (Å²) < 4.78 is 53.1. The molecule has 112 valence electrons. The highest BCUT2D eigenvalue weighted by Gasteiger charge is 2.19. The molecule has 0 aliphatic heterocycles. The van der Waals surface area contributed by atoms with Crippen molar-refractivity contribution in [2.45, 2.75) is 11.5 Å². The largest absolute Gasteiger partial charge is 0.392 e. The molecule has 2 aromatic carbocycles. The Morgan fingerprint density at radius 3 is 2.48 bits per heavy atom. The van der Waals surface area contributed by atoms with Crippen molar-refractivity contribution in [3.8, 4) is 0 Å². The zero-order chi connectivity index (χ0) is 15.6. The summed E-state index contributed by atoms with van der Waals surface area (Å²) >= 11 is 2.94. The highest BCUT2D eigenvalue weighted by molar-refractivity contribution is 9.10. The van der Waals surface area contributed by atoms with Crippen LogP contribution in [-0.4, -0.2) is 13.5 Å². The summed E-state index contributed by atoms with van der Waals surface area (Å²) in [6.07, 6.45) is 0. The third-order valence-electron chi connectivity index (χ3n) is 2.66. The van der Waals surface area contributed by atoms with E-state index in [1.165, 1.54) is 18.2 Å². The standard InChI is InChI=1S/C13H10BrF2NO3S/c14-11-6-10(3-4-12(11)16)17-21(19,20)13-5-9(15)2-1-8(13)7-18/h1-6,17-18H,7H2. The third kappa shape index (κ3) is 3.58. The molecule has 0 aliphatic carbocycles. The lowest BCUT2D eigenvalue weighted by Crippen LogP contribution is -2.15. The van der Waals surface area contributed by atoms with E-state index in [0.717, 1.165) is 18.2 Å². The van der Waals surface area contributed by atoms with Gasteiger partial charge in [-0.05, 0) is 51.8 Å². The van der Waals surface area contributed by atoms with Crippen LogP contribution in [0.1, 0.15) is 5.56 Å². The average molecular weight is 378 g/mol. The third-order valence-corrected chi connectivity index (χ3v) is 4.73. The second kappa shape index (κ2) is 6.08. The van der Waals surface area contributed by atoms with Crippen LogP contribution >= 0.6 is 15.9 Å². The fourth-order valence-corrected chi connectivity index (χ4v) is 3.35. The van der Waals surface area contributed by atoms with Gasteiger partial charge in [-0.1, -0.05) is 6.07 Å². The maximum absolute atomic E-state index is 13.2. The van der Waals surface area contributed by atoms with Gasteiger partial charge in [0.1, 0.15) is 11.6 Å². The van der Waals surface area contributed by atoms with E-state index in [4.69, 9.17) is 5.11 Å². The molecular formula is C13H10BrF2NO3S. The Balaban J connectivity index is 2.42. The van der Waals surface area contributed by atoms with Crippen LogP contribution < -0.4 is 4.72 Å². The molecule has 0 fully saturated rings. The van der Waals surface area contributed by atoms with E-state index in [9.17, 15) is 17.2 Å². The van der Waals surface area contributed by atoms with Crippen LogP contribution in [0.2, 0.25) is 0 Å². The van der Waals surface area contributed by atoms with Gasteiger partial charge in [-0.25, -0.2) is 17.2 Å². The van der Waals surface area contributed by atoms with Crippen molar-refractivity contribution < 1.29 is 22.3 Å². The second-order valence-electron chi connectivity index (χ2n) is 4.14. The monoisotopic (exact) mass is 377 g/mol. The zero-order valence-electron chi connectivity index (χ0n) is 10.5. The van der Waals surface area contributed by atoms with Gasteiger partial charge in [-0.3, -0.25) is 4.72 Å². The van der Waals surface area contributed by atoms with Crippen molar-refractivity contribution in [3.63, 3.8) is 0 Å². The van der Waals surface area contributed by atoms with E-state index in [1.54, 1.807) is 0 Å². The lowest BCUT2D eigenvalue weighted by atomic mass is 10.2. The number of halogens is 3. The number of aliphatic hydroxyl groups excluding tert-OH is 1. The molecule has 0 aromatic heterocycles. The lowest BCUT2D eigenvalue weighted by Gasteiger charge is -2.11. The molecule has 0 spiro atoms. The van der Waals surface area contributed by atoms with Crippen molar-refractivity contribution in [2.24, 2.45) is 0 Å². The summed E-state index contributed by atoms with van der Waals surface area (Å²) in [7, 11) is -4.10. The van der Waals surface area contributed by atoms with Crippen LogP contribution in [-0.2, 0) is 16.6 Å². The number of benzene rings is 2. The molecule has 0 atom stereocenters. The quantitative estimate of drug-likeness (QED) is 0.860. The highest BCUT2D eigenvalue weighted by Crippen LogP contribution is 2.24. The van der Waals surface area contributed by atoms with Gasteiger partial charge in [-0.2, -0.15) is 0 Å². The number of sulfonamides is 1. The Labute approximate surface area is 128 Å². The first-order valence-corrected chi connectivity index (χ1v) is 7.98. The molecule has 0 heterocycles. The summed E-state index contributed by atoms with van der Waals surface area (Å²) in [5.74, 6) is -1.28. The number of hydrogen-bond donors (Lipinski definition) is 2. The predicted octanol–water partition coefficient (Wildman–Crippen LogP) is 3.02. The molecule has 21 heavy (non-hydrogen) atoms. The molecule has 0 bridgehead atoms. The molecule has 0 unspecified atom stereocenters. The number of hydrogen-bond acceptors (Lipinski definition) is 3. The first-order chi connectivity index (χ1) is 9.83. The summed E-state index contributed by atoms with van der Waals surface area (Å²) in [4.78, 5) is -0.370. The molecule has 0 saturated heterocycles. The molecule has 2 N–H and O–H groups in total. The van der Waals surface area contributed by atoms with Gasteiger partial charge < -0.3 is 5.11 Å². The van der Waals surface area contributed by atoms with Gasteiger partial charge >= 0.3 is 0 Å². The maximum atomic E-state index is 13.2. The van der Waals surface area contributed by atoms with Crippen molar-refractivity contribution in [1.29, 1.82) is 0 Å². The number of aliphatic hydroxyl groups is 1. The van der Waals surface area contributed by atoms with E-state index in [2.05, 4.69) is 20.7 Å². The molecule has 0 amide bonds. The SMILES string of the molecule is O=S(=O)(Nc1ccc(F)c(Br)c1)c1cc(F)ccc1CO. The van der Waals surface area contributed by atoms with Crippen molar-refractivity contribution in [1.82, 2.24) is 0 Å². The number of nitrogens with one attached hydrogen (secondary N) is 1. The van der Waals surface area contributed by atoms with Gasteiger partial charge in [0.05, 0.1) is 21.7 Å². The van der Waals surface area contributed by atoms with E-state index < -0.39 is 28.3 Å². The van der Waals surface area contributed by atoms with Crippen LogP contribution in [0.25, 0.3) is 0 Å². The molecule has 0 radical (unpaired) electrons. The Morgan fingerprint density at radius 1 is 1.14 bits per heavy atom. The second-order valence-corrected chi connectivity index (χ2v) is 6.65. The van der Waals surface area contributed by atoms with Gasteiger partial charge in [0.25, 0.3) is 10.0 Å². The van der Waals surface area contributed by atoms with Crippen LogP contribution in [0.15, 0.2) is 45.8 Å². The fraction of sp³-hybridized carbons (Fsp3) is 0.0769. The van der Waals surface area contributed by atoms with Crippen LogP contribution in [0.4, 0.5) is 14.5 Å². The van der Waals surface area contributed by atoms with Gasteiger partial charge in [0.15, 0.2) is 0 Å². The fourth-order valence-electron chi connectivity index (χ4n) is 1.68. The van der Waals surface area contributed by atoms with Crippen molar-refractivity contribution >= 4 is 31.6 Å². The molecule has 0 saturated carbocycles. The normalized spacial score (nSPS) is 11.4. The van der Waals surface area contributed by atoms with Gasteiger partial charge in [0, 0.05) is 0 Å².